The van der Waals surface area contributed by atoms with Crippen molar-refractivity contribution >= 4 is 11.7 Å². The highest BCUT2D eigenvalue weighted by molar-refractivity contribution is 6.03. The summed E-state index contributed by atoms with van der Waals surface area (Å²) in [5.74, 6) is -0.477. The van der Waals surface area contributed by atoms with Crippen molar-refractivity contribution in [2.24, 2.45) is 5.73 Å². The van der Waals surface area contributed by atoms with Crippen molar-refractivity contribution in [1.29, 1.82) is 0 Å². The molecule has 0 aliphatic carbocycles. The molecular formula is C19H20N3O2. The van der Waals surface area contributed by atoms with Crippen molar-refractivity contribution in [2.45, 2.75) is 24.3 Å². The quantitative estimate of drug-likeness (QED) is 0.820. The Morgan fingerprint density at radius 1 is 1.21 bits per heavy atom. The fraction of sp³-hybridized carbons (Fsp3) is 0.263. The molecule has 3 rings (SSSR count). The first kappa shape index (κ1) is 16.3. The summed E-state index contributed by atoms with van der Waals surface area (Å²) in [6, 6.07) is 12.9. The van der Waals surface area contributed by atoms with Crippen molar-refractivity contribution < 1.29 is 9.59 Å². The number of primary amides is 1. The summed E-state index contributed by atoms with van der Waals surface area (Å²) in [4.78, 5) is 28.4. The van der Waals surface area contributed by atoms with Gasteiger partial charge in [0.15, 0.2) is 5.78 Å². The molecule has 1 aromatic carbocycles. The van der Waals surface area contributed by atoms with Crippen molar-refractivity contribution in [2.75, 3.05) is 6.54 Å². The third-order valence-electron chi connectivity index (χ3n) is 4.58. The molecule has 3 N–H and O–H groups in total. The van der Waals surface area contributed by atoms with E-state index in [1.165, 1.54) is 0 Å². The van der Waals surface area contributed by atoms with Gasteiger partial charge in [-0.2, -0.15) is 0 Å². The lowest BCUT2D eigenvalue weighted by atomic mass is 9.67. The molecule has 0 saturated carbocycles. The van der Waals surface area contributed by atoms with Crippen molar-refractivity contribution in [3.05, 3.63) is 72.4 Å². The maximum atomic E-state index is 12.7. The van der Waals surface area contributed by atoms with Gasteiger partial charge in [-0.25, -0.2) is 0 Å². The summed E-state index contributed by atoms with van der Waals surface area (Å²) in [5, 5.41) is 3.14. The number of aromatic nitrogens is 1. The average molecular weight is 322 g/mol. The molecule has 5 heteroatoms. The summed E-state index contributed by atoms with van der Waals surface area (Å²) >= 11 is 0. The maximum Gasteiger partial charge on any atom is 0.234 e. The Labute approximate surface area is 141 Å². The first-order valence-electron chi connectivity index (χ1n) is 7.99. The number of nitrogens with two attached hydrogens (primary N) is 1. The molecule has 0 spiro atoms. The lowest BCUT2D eigenvalue weighted by Gasteiger charge is -2.40. The standard InChI is InChI=1S/C19H20N3O2/c20-18(24)16-11-19(8-10-22-16,15-6-2-1-3-7-15)12-17(23)14-5-4-9-21-13-14/h1-7,9,12-13,16,22H,8,10-11H2,(H2,20,24). The Kier molecular flexibility index (Phi) is 4.71. The van der Waals surface area contributed by atoms with Crippen molar-refractivity contribution in [1.82, 2.24) is 10.3 Å². The molecule has 123 valence electrons. The van der Waals surface area contributed by atoms with Crippen molar-refractivity contribution in [3.63, 3.8) is 0 Å². The highest BCUT2D eigenvalue weighted by Crippen LogP contribution is 2.38. The van der Waals surface area contributed by atoms with Gasteiger partial charge < -0.3 is 11.1 Å². The Balaban J connectivity index is 1.94. The second kappa shape index (κ2) is 6.93. The fourth-order valence-electron chi connectivity index (χ4n) is 3.30. The van der Waals surface area contributed by atoms with Crippen LogP contribution in [0, 0.1) is 6.42 Å². The van der Waals surface area contributed by atoms with E-state index < -0.39 is 17.4 Å². The number of nitrogens with one attached hydrogen (secondary N) is 1. The van der Waals surface area contributed by atoms with Crippen LogP contribution >= 0.6 is 0 Å². The number of piperidine rings is 1. The van der Waals surface area contributed by atoms with Crippen LogP contribution in [0.3, 0.4) is 0 Å². The number of hydrogen-bond acceptors (Lipinski definition) is 4. The van der Waals surface area contributed by atoms with E-state index in [0.717, 1.165) is 12.0 Å². The molecule has 2 atom stereocenters. The minimum Gasteiger partial charge on any atom is -0.368 e. The lowest BCUT2D eigenvalue weighted by molar-refractivity contribution is -0.121. The molecule has 2 heterocycles. The third-order valence-corrected chi connectivity index (χ3v) is 4.58. The molecule has 1 amide bonds. The minimum absolute atomic E-state index is 0.0860. The van der Waals surface area contributed by atoms with Crippen LogP contribution in [0.4, 0.5) is 0 Å². The highest BCUT2D eigenvalue weighted by atomic mass is 16.1. The van der Waals surface area contributed by atoms with Gasteiger partial charge in [-0.05, 0) is 37.1 Å². The summed E-state index contributed by atoms with van der Waals surface area (Å²) in [5.41, 5.74) is 6.55. The fourth-order valence-corrected chi connectivity index (χ4v) is 3.30. The number of pyridine rings is 1. The lowest BCUT2D eigenvalue weighted by Crippen LogP contribution is -2.53. The predicted molar refractivity (Wildman–Crippen MR) is 91.2 cm³/mol. The van der Waals surface area contributed by atoms with Crippen LogP contribution < -0.4 is 11.1 Å². The Bertz CT molecular complexity index is 718. The molecule has 2 unspecified atom stereocenters. The van der Waals surface area contributed by atoms with Gasteiger partial charge in [0, 0.05) is 29.8 Å². The van der Waals surface area contributed by atoms with Crippen LogP contribution in [0.15, 0.2) is 54.9 Å². The molecule has 1 fully saturated rings. The van der Waals surface area contributed by atoms with Gasteiger partial charge in [0.25, 0.3) is 0 Å². The zero-order chi connectivity index (χ0) is 17.0. The highest BCUT2D eigenvalue weighted by Gasteiger charge is 2.41. The number of ketones is 1. The van der Waals surface area contributed by atoms with Crippen LogP contribution in [0.2, 0.25) is 0 Å². The summed E-state index contributed by atoms with van der Waals surface area (Å²) in [7, 11) is 0. The van der Waals surface area contributed by atoms with Crippen molar-refractivity contribution in [3.8, 4) is 0 Å². The second-order valence-electron chi connectivity index (χ2n) is 6.14. The molecule has 5 nitrogen and oxygen atoms in total. The number of carbonyl (C=O) groups is 2. The first-order valence-corrected chi connectivity index (χ1v) is 7.99. The molecule has 1 radical (unpaired) electrons. The summed E-state index contributed by atoms with van der Waals surface area (Å²) in [6.07, 6.45) is 6.13. The zero-order valence-corrected chi connectivity index (χ0v) is 13.3. The predicted octanol–water partition coefficient (Wildman–Crippen LogP) is 1.64. The minimum atomic E-state index is -0.515. The van der Waals surface area contributed by atoms with E-state index in [1.807, 2.05) is 30.3 Å². The summed E-state index contributed by atoms with van der Waals surface area (Å²) in [6.45, 7) is 0.624. The van der Waals surface area contributed by atoms with Crippen LogP contribution in [-0.2, 0) is 10.2 Å². The number of amides is 1. The summed E-state index contributed by atoms with van der Waals surface area (Å²) < 4.78 is 0. The molecule has 1 aromatic heterocycles. The van der Waals surface area contributed by atoms with Crippen LogP contribution in [0.5, 0.6) is 0 Å². The van der Waals surface area contributed by atoms with Gasteiger partial charge >= 0.3 is 0 Å². The van der Waals surface area contributed by atoms with Crippen LogP contribution in [0.1, 0.15) is 28.8 Å². The largest absolute Gasteiger partial charge is 0.368 e. The van der Waals surface area contributed by atoms with Gasteiger partial charge in [0.05, 0.1) is 6.04 Å². The smallest absolute Gasteiger partial charge is 0.234 e. The van der Waals surface area contributed by atoms with Gasteiger partial charge in [0.2, 0.25) is 5.91 Å². The number of Topliss-reactive ketones (excluding diaryl/α,β-unsaturated/α-hetero) is 1. The zero-order valence-electron chi connectivity index (χ0n) is 13.3. The van der Waals surface area contributed by atoms with E-state index in [2.05, 4.69) is 10.3 Å². The van der Waals surface area contributed by atoms with Gasteiger partial charge in [-0.3, -0.25) is 14.6 Å². The molecule has 1 aliphatic rings. The number of carbonyl (C=O) groups excluding carboxylic acids is 2. The number of nitrogens with zero attached hydrogens (tertiary/aromatic N) is 1. The van der Waals surface area contributed by atoms with Gasteiger partial charge in [-0.1, -0.05) is 30.3 Å². The SMILES string of the molecule is NC(=O)C1CC([CH]C(=O)c2cccnc2)(c2ccccc2)CCN1. The van der Waals surface area contributed by atoms with Gasteiger partial charge in [0.1, 0.15) is 0 Å². The van der Waals surface area contributed by atoms with Gasteiger partial charge in [-0.15, -0.1) is 0 Å². The van der Waals surface area contributed by atoms with E-state index >= 15 is 0 Å². The average Bonchev–Trinajstić information content (AvgIpc) is 2.63. The van der Waals surface area contributed by atoms with Crippen LogP contribution in [0.25, 0.3) is 0 Å². The molecule has 24 heavy (non-hydrogen) atoms. The van der Waals surface area contributed by atoms with E-state index in [9.17, 15) is 9.59 Å². The topological polar surface area (TPSA) is 85.1 Å². The third kappa shape index (κ3) is 3.36. The Morgan fingerprint density at radius 2 is 2.00 bits per heavy atom. The molecule has 1 aliphatic heterocycles. The monoisotopic (exact) mass is 322 g/mol. The number of rotatable bonds is 5. The Hall–Kier alpha value is -2.53. The first-order chi connectivity index (χ1) is 11.6. The maximum absolute atomic E-state index is 12.7. The van der Waals surface area contributed by atoms with E-state index in [-0.39, 0.29) is 5.78 Å². The molecule has 1 saturated heterocycles. The normalized spacial score (nSPS) is 23.6. The number of benzene rings is 1. The Morgan fingerprint density at radius 3 is 2.67 bits per heavy atom. The van der Waals surface area contributed by atoms with E-state index in [0.29, 0.717) is 18.5 Å². The molecule has 0 bridgehead atoms. The van der Waals surface area contributed by atoms with E-state index in [1.54, 1.807) is 30.9 Å². The molecule has 2 aromatic rings. The van der Waals surface area contributed by atoms with Crippen LogP contribution in [-0.4, -0.2) is 29.3 Å². The molecular weight excluding hydrogens is 302 g/mol. The number of hydrogen-bond donors (Lipinski definition) is 2. The van der Waals surface area contributed by atoms with E-state index in [4.69, 9.17) is 5.73 Å². The second-order valence-corrected chi connectivity index (χ2v) is 6.14.